The smallest absolute Gasteiger partial charge is 0.127 e. The molecule has 1 N–H and O–H groups in total. The summed E-state index contributed by atoms with van der Waals surface area (Å²) in [5.74, 6) is 0.992. The zero-order chi connectivity index (χ0) is 10.9. The first-order valence-electron chi connectivity index (χ1n) is 5.37. The summed E-state index contributed by atoms with van der Waals surface area (Å²) in [7, 11) is 0. The fourth-order valence-electron chi connectivity index (χ4n) is 1.24. The molecule has 1 heterocycles. The number of rotatable bonds is 8. The number of aromatic nitrogens is 2. The molecule has 0 amide bonds. The van der Waals surface area contributed by atoms with Crippen molar-refractivity contribution in [1.82, 2.24) is 15.5 Å². The summed E-state index contributed by atoms with van der Waals surface area (Å²) in [6, 6.07) is 0. The third-order valence-electron chi connectivity index (χ3n) is 1.95. The van der Waals surface area contributed by atoms with E-state index in [0.717, 1.165) is 36.7 Å². The van der Waals surface area contributed by atoms with Crippen molar-refractivity contribution in [2.24, 2.45) is 0 Å². The van der Waals surface area contributed by atoms with Crippen LogP contribution in [0.4, 0.5) is 0 Å². The molecule has 5 heteroatoms. The van der Waals surface area contributed by atoms with Gasteiger partial charge in [-0.15, -0.1) is 21.5 Å². The van der Waals surface area contributed by atoms with Crippen LogP contribution in [0.1, 0.15) is 29.8 Å². The molecule has 0 bridgehead atoms. The van der Waals surface area contributed by atoms with Gasteiger partial charge in [0.05, 0.1) is 0 Å². The molecule has 0 saturated heterocycles. The molecule has 0 aliphatic carbocycles. The van der Waals surface area contributed by atoms with E-state index < -0.39 is 0 Å². The standard InChI is InChI=1S/C10H19N3S2/c1-3-6-11-7-4-5-9-12-13-10(15-9)8-14-2/h11H,3-8H2,1-2H3. The van der Waals surface area contributed by atoms with Crippen LogP contribution in [-0.4, -0.2) is 29.5 Å². The van der Waals surface area contributed by atoms with E-state index in [4.69, 9.17) is 0 Å². The molecule has 15 heavy (non-hydrogen) atoms. The topological polar surface area (TPSA) is 37.8 Å². The lowest BCUT2D eigenvalue weighted by atomic mass is 10.3. The molecule has 0 aliphatic heterocycles. The Morgan fingerprint density at radius 2 is 2.07 bits per heavy atom. The predicted octanol–water partition coefficient (Wildman–Crippen LogP) is 2.33. The molecular weight excluding hydrogens is 226 g/mol. The number of nitrogens with one attached hydrogen (secondary N) is 1. The molecule has 0 spiro atoms. The second kappa shape index (κ2) is 8.07. The molecule has 0 fully saturated rings. The van der Waals surface area contributed by atoms with Crippen molar-refractivity contribution in [3.8, 4) is 0 Å². The van der Waals surface area contributed by atoms with Gasteiger partial charge in [-0.2, -0.15) is 11.8 Å². The van der Waals surface area contributed by atoms with Gasteiger partial charge in [0.15, 0.2) is 0 Å². The van der Waals surface area contributed by atoms with Crippen molar-refractivity contribution in [2.45, 2.75) is 31.9 Å². The zero-order valence-electron chi connectivity index (χ0n) is 9.45. The van der Waals surface area contributed by atoms with Gasteiger partial charge in [0.2, 0.25) is 0 Å². The Morgan fingerprint density at radius 3 is 2.80 bits per heavy atom. The lowest BCUT2D eigenvalue weighted by Gasteiger charge is -1.99. The molecule has 0 aromatic carbocycles. The number of hydrogen-bond acceptors (Lipinski definition) is 5. The van der Waals surface area contributed by atoms with Crippen molar-refractivity contribution in [3.63, 3.8) is 0 Å². The van der Waals surface area contributed by atoms with Crippen molar-refractivity contribution in [1.29, 1.82) is 0 Å². The quantitative estimate of drug-likeness (QED) is 0.713. The predicted molar refractivity (Wildman–Crippen MR) is 68.6 cm³/mol. The first kappa shape index (κ1) is 12.9. The molecule has 3 nitrogen and oxygen atoms in total. The Labute approximate surface area is 100 Å². The van der Waals surface area contributed by atoms with Gasteiger partial charge >= 0.3 is 0 Å². The fraction of sp³-hybridized carbons (Fsp3) is 0.800. The van der Waals surface area contributed by atoms with Gasteiger partial charge in [-0.3, -0.25) is 0 Å². The summed E-state index contributed by atoms with van der Waals surface area (Å²) in [5, 5.41) is 14.0. The maximum atomic E-state index is 4.18. The van der Waals surface area contributed by atoms with E-state index in [2.05, 4.69) is 28.7 Å². The van der Waals surface area contributed by atoms with Gasteiger partial charge < -0.3 is 5.32 Å². The molecule has 86 valence electrons. The van der Waals surface area contributed by atoms with Crippen molar-refractivity contribution in [3.05, 3.63) is 10.0 Å². The van der Waals surface area contributed by atoms with Gasteiger partial charge in [0.1, 0.15) is 10.0 Å². The highest BCUT2D eigenvalue weighted by Crippen LogP contribution is 2.15. The van der Waals surface area contributed by atoms with Gasteiger partial charge in [-0.25, -0.2) is 0 Å². The Balaban J connectivity index is 2.14. The lowest BCUT2D eigenvalue weighted by Crippen LogP contribution is -2.16. The van der Waals surface area contributed by atoms with E-state index in [-0.39, 0.29) is 0 Å². The van der Waals surface area contributed by atoms with Crippen molar-refractivity contribution < 1.29 is 0 Å². The van der Waals surface area contributed by atoms with Crippen LogP contribution in [0.2, 0.25) is 0 Å². The van der Waals surface area contributed by atoms with E-state index in [0.29, 0.717) is 0 Å². The monoisotopic (exact) mass is 245 g/mol. The summed E-state index contributed by atoms with van der Waals surface area (Å²) in [6.45, 7) is 4.39. The maximum absolute atomic E-state index is 4.18. The number of thioether (sulfide) groups is 1. The fourth-order valence-corrected chi connectivity index (χ4v) is 2.81. The van der Waals surface area contributed by atoms with Crippen LogP contribution in [0.3, 0.4) is 0 Å². The Bertz CT molecular complexity index is 263. The second-order valence-corrected chi connectivity index (χ2v) is 5.39. The zero-order valence-corrected chi connectivity index (χ0v) is 11.1. The van der Waals surface area contributed by atoms with Crippen LogP contribution < -0.4 is 5.32 Å². The third-order valence-corrected chi connectivity index (χ3v) is 3.68. The third kappa shape index (κ3) is 5.49. The van der Waals surface area contributed by atoms with Crippen LogP contribution in [0.15, 0.2) is 0 Å². The van der Waals surface area contributed by atoms with E-state index in [9.17, 15) is 0 Å². The summed E-state index contributed by atoms with van der Waals surface area (Å²) in [6.07, 6.45) is 5.52. The van der Waals surface area contributed by atoms with Gasteiger partial charge in [0.25, 0.3) is 0 Å². The molecule has 0 atom stereocenters. The minimum absolute atomic E-state index is 0.992. The van der Waals surface area contributed by atoms with Gasteiger partial charge in [0, 0.05) is 12.2 Å². The van der Waals surface area contributed by atoms with Crippen LogP contribution in [0.5, 0.6) is 0 Å². The Kier molecular flexibility index (Phi) is 6.96. The minimum Gasteiger partial charge on any atom is -0.317 e. The average Bonchev–Trinajstić information content (AvgIpc) is 2.66. The van der Waals surface area contributed by atoms with Gasteiger partial charge in [-0.1, -0.05) is 6.92 Å². The highest BCUT2D eigenvalue weighted by molar-refractivity contribution is 7.97. The maximum Gasteiger partial charge on any atom is 0.127 e. The Morgan fingerprint density at radius 1 is 1.27 bits per heavy atom. The van der Waals surface area contributed by atoms with E-state index in [1.807, 2.05) is 0 Å². The van der Waals surface area contributed by atoms with Gasteiger partial charge in [-0.05, 0) is 32.2 Å². The molecule has 1 aromatic rings. The number of hydrogen-bond donors (Lipinski definition) is 1. The summed E-state index contributed by atoms with van der Waals surface area (Å²) < 4.78 is 0. The largest absolute Gasteiger partial charge is 0.317 e. The van der Waals surface area contributed by atoms with Crippen LogP contribution in [0.25, 0.3) is 0 Å². The highest BCUT2D eigenvalue weighted by atomic mass is 32.2. The minimum atomic E-state index is 0.992. The van der Waals surface area contributed by atoms with Crippen molar-refractivity contribution in [2.75, 3.05) is 19.3 Å². The summed E-state index contributed by atoms with van der Waals surface area (Å²) >= 11 is 3.55. The van der Waals surface area contributed by atoms with Crippen molar-refractivity contribution >= 4 is 23.1 Å². The van der Waals surface area contributed by atoms with Crippen LogP contribution in [-0.2, 0) is 12.2 Å². The lowest BCUT2D eigenvalue weighted by molar-refractivity contribution is 0.637. The normalized spacial score (nSPS) is 10.8. The second-order valence-electron chi connectivity index (χ2n) is 3.38. The first-order valence-corrected chi connectivity index (χ1v) is 7.58. The number of nitrogens with zero attached hydrogens (tertiary/aromatic N) is 2. The average molecular weight is 245 g/mol. The summed E-state index contributed by atoms with van der Waals surface area (Å²) in [4.78, 5) is 0. The molecule has 0 radical (unpaired) electrons. The SMILES string of the molecule is CCCNCCCc1nnc(CSC)s1. The highest BCUT2D eigenvalue weighted by Gasteiger charge is 2.02. The Hall–Kier alpha value is -0.130. The first-order chi connectivity index (χ1) is 7.36. The molecule has 1 rings (SSSR count). The van der Waals surface area contributed by atoms with E-state index in [1.165, 1.54) is 11.4 Å². The number of aryl methyl sites for hydroxylation is 1. The van der Waals surface area contributed by atoms with Crippen LogP contribution in [0, 0.1) is 0 Å². The molecule has 1 aromatic heterocycles. The van der Waals surface area contributed by atoms with Crippen LogP contribution >= 0.6 is 23.1 Å². The molecule has 0 aliphatic rings. The molecule has 0 unspecified atom stereocenters. The molecular formula is C10H19N3S2. The molecule has 0 saturated carbocycles. The van der Waals surface area contributed by atoms with E-state index in [1.54, 1.807) is 23.1 Å². The summed E-state index contributed by atoms with van der Waals surface area (Å²) in [5.41, 5.74) is 0. The van der Waals surface area contributed by atoms with E-state index >= 15 is 0 Å².